The van der Waals surface area contributed by atoms with Gasteiger partial charge in [0.1, 0.15) is 12.1 Å². The van der Waals surface area contributed by atoms with Crippen molar-refractivity contribution in [1.82, 2.24) is 18.7 Å². The first-order valence-electron chi connectivity index (χ1n) is 5.36. The van der Waals surface area contributed by atoms with E-state index in [1.807, 2.05) is 0 Å². The quantitative estimate of drug-likeness (QED) is 0.805. The minimum atomic E-state index is -0.360. The number of anilines is 1. The second-order valence-electron chi connectivity index (χ2n) is 3.71. The maximum absolute atomic E-state index is 13.6. The zero-order valence-electron chi connectivity index (χ0n) is 9.47. The molecule has 0 saturated heterocycles. The van der Waals surface area contributed by atoms with Crippen LogP contribution in [0.4, 0.5) is 10.2 Å². The molecule has 0 aliphatic heterocycles. The summed E-state index contributed by atoms with van der Waals surface area (Å²) in [6, 6.07) is 4.57. The molecule has 5 nitrogen and oxygen atoms in total. The number of hydrogen-bond acceptors (Lipinski definition) is 6. The Balaban J connectivity index is 1.88. The molecule has 2 aromatic heterocycles. The number of nitrogens with zero attached hydrogens (tertiary/aromatic N) is 4. The van der Waals surface area contributed by atoms with Crippen molar-refractivity contribution in [2.24, 2.45) is 0 Å². The molecule has 0 bridgehead atoms. The van der Waals surface area contributed by atoms with Crippen LogP contribution in [-0.4, -0.2) is 18.7 Å². The van der Waals surface area contributed by atoms with E-state index in [4.69, 9.17) is 11.6 Å². The van der Waals surface area contributed by atoms with Gasteiger partial charge in [-0.15, -0.1) is 0 Å². The van der Waals surface area contributed by atoms with Crippen molar-refractivity contribution in [1.29, 1.82) is 0 Å². The van der Waals surface area contributed by atoms with E-state index in [1.54, 1.807) is 12.1 Å². The van der Waals surface area contributed by atoms with Gasteiger partial charge in [0.15, 0.2) is 17.0 Å². The van der Waals surface area contributed by atoms with E-state index in [1.165, 1.54) is 12.4 Å². The molecule has 0 atom stereocenters. The van der Waals surface area contributed by atoms with Crippen molar-refractivity contribution >= 4 is 40.3 Å². The van der Waals surface area contributed by atoms with Gasteiger partial charge >= 0.3 is 0 Å². The molecule has 8 heteroatoms. The van der Waals surface area contributed by atoms with Crippen molar-refractivity contribution < 1.29 is 4.39 Å². The lowest BCUT2D eigenvalue weighted by Gasteiger charge is -2.08. The van der Waals surface area contributed by atoms with Crippen LogP contribution in [0.25, 0.3) is 11.2 Å². The van der Waals surface area contributed by atoms with E-state index in [0.29, 0.717) is 27.6 Å². The van der Waals surface area contributed by atoms with Crippen LogP contribution in [0.1, 0.15) is 5.56 Å². The van der Waals surface area contributed by atoms with Crippen LogP contribution in [0.2, 0.25) is 5.02 Å². The third kappa shape index (κ3) is 2.34. The highest BCUT2D eigenvalue weighted by atomic mass is 35.5. The second-order valence-corrected chi connectivity index (χ2v) is 4.65. The topological polar surface area (TPSA) is 63.6 Å². The van der Waals surface area contributed by atoms with Gasteiger partial charge < -0.3 is 5.32 Å². The molecule has 19 heavy (non-hydrogen) atoms. The number of hydrogen-bond donors (Lipinski definition) is 1. The molecule has 1 aromatic carbocycles. The van der Waals surface area contributed by atoms with E-state index in [9.17, 15) is 4.39 Å². The number of benzene rings is 1. The standard InChI is InChI=1S/C11H7ClFN5S/c12-7-2-1-3-8(13)6(7)4-14-10-9-11(16-5-15-10)18-19-17-9/h1-3,5H,4H2,(H,14,15,16,18). The van der Waals surface area contributed by atoms with Crippen molar-refractivity contribution in [3.05, 3.63) is 40.9 Å². The molecule has 2 heterocycles. The molecule has 3 rings (SSSR count). The number of fused-ring (bicyclic) bond motifs is 1. The fraction of sp³-hybridized carbons (Fsp3) is 0.0909. The highest BCUT2D eigenvalue weighted by Gasteiger charge is 2.10. The zero-order valence-corrected chi connectivity index (χ0v) is 11.0. The van der Waals surface area contributed by atoms with Crippen LogP contribution in [0.15, 0.2) is 24.5 Å². The molecule has 0 radical (unpaired) electrons. The van der Waals surface area contributed by atoms with Crippen molar-refractivity contribution in [3.8, 4) is 0 Å². The first-order chi connectivity index (χ1) is 9.25. The Hall–Kier alpha value is -1.86. The van der Waals surface area contributed by atoms with Crippen LogP contribution < -0.4 is 5.32 Å². The Labute approximate surface area is 116 Å². The molecule has 0 spiro atoms. The van der Waals surface area contributed by atoms with Crippen LogP contribution >= 0.6 is 23.3 Å². The zero-order chi connectivity index (χ0) is 13.2. The summed E-state index contributed by atoms with van der Waals surface area (Å²) in [5.74, 6) is 0.153. The molecule has 0 amide bonds. The average Bonchev–Trinajstić information content (AvgIpc) is 2.87. The molecule has 3 aromatic rings. The van der Waals surface area contributed by atoms with Gasteiger partial charge in [0.2, 0.25) is 0 Å². The van der Waals surface area contributed by atoms with E-state index in [2.05, 4.69) is 24.0 Å². The summed E-state index contributed by atoms with van der Waals surface area (Å²) in [6.45, 7) is 0.217. The van der Waals surface area contributed by atoms with Gasteiger partial charge in [-0.05, 0) is 12.1 Å². The Bertz CT molecular complexity index is 712. The molecule has 0 unspecified atom stereocenters. The summed E-state index contributed by atoms with van der Waals surface area (Å²) in [7, 11) is 0. The van der Waals surface area contributed by atoms with Crippen LogP contribution in [0.3, 0.4) is 0 Å². The highest BCUT2D eigenvalue weighted by Crippen LogP contribution is 2.22. The number of nitrogens with one attached hydrogen (secondary N) is 1. The predicted molar refractivity (Wildman–Crippen MR) is 71.7 cm³/mol. The second kappa shape index (κ2) is 5.02. The third-order valence-corrected chi connectivity index (χ3v) is 3.43. The predicted octanol–water partition coefficient (Wildman–Crippen LogP) is 2.89. The van der Waals surface area contributed by atoms with Gasteiger partial charge in [-0.1, -0.05) is 17.7 Å². The lowest BCUT2D eigenvalue weighted by Crippen LogP contribution is -2.05. The first kappa shape index (κ1) is 12.2. The minimum Gasteiger partial charge on any atom is -0.364 e. The third-order valence-electron chi connectivity index (χ3n) is 2.56. The van der Waals surface area contributed by atoms with E-state index >= 15 is 0 Å². The van der Waals surface area contributed by atoms with E-state index in [0.717, 1.165) is 11.7 Å². The van der Waals surface area contributed by atoms with Gasteiger partial charge in [-0.3, -0.25) is 0 Å². The molecular weight excluding hydrogens is 289 g/mol. The smallest absolute Gasteiger partial charge is 0.198 e. The normalized spacial score (nSPS) is 10.8. The summed E-state index contributed by atoms with van der Waals surface area (Å²) < 4.78 is 21.7. The number of rotatable bonds is 3. The minimum absolute atomic E-state index is 0.217. The Kier molecular flexibility index (Phi) is 3.22. The van der Waals surface area contributed by atoms with Gasteiger partial charge in [0.25, 0.3) is 0 Å². The van der Waals surface area contributed by atoms with E-state index < -0.39 is 0 Å². The Morgan fingerprint density at radius 2 is 2.16 bits per heavy atom. The largest absolute Gasteiger partial charge is 0.364 e. The van der Waals surface area contributed by atoms with Gasteiger partial charge in [0.05, 0.1) is 11.7 Å². The fourth-order valence-electron chi connectivity index (χ4n) is 1.62. The van der Waals surface area contributed by atoms with Gasteiger partial charge in [0, 0.05) is 17.1 Å². The molecular formula is C11H7ClFN5S. The molecule has 0 fully saturated rings. The van der Waals surface area contributed by atoms with Crippen molar-refractivity contribution in [2.75, 3.05) is 5.32 Å². The number of halogens is 2. The molecule has 0 aliphatic rings. The molecule has 96 valence electrons. The van der Waals surface area contributed by atoms with Crippen LogP contribution in [-0.2, 0) is 6.54 Å². The first-order valence-corrected chi connectivity index (χ1v) is 6.46. The summed E-state index contributed by atoms with van der Waals surface area (Å²) in [6.07, 6.45) is 1.38. The van der Waals surface area contributed by atoms with Crippen LogP contribution in [0, 0.1) is 5.82 Å². The summed E-state index contributed by atoms with van der Waals surface area (Å²) in [5, 5.41) is 3.37. The lowest BCUT2D eigenvalue weighted by atomic mass is 10.2. The average molecular weight is 296 g/mol. The number of aromatic nitrogens is 4. The SMILES string of the molecule is Fc1cccc(Cl)c1CNc1ncnc2nsnc12. The summed E-state index contributed by atoms with van der Waals surface area (Å²) >= 11 is 7.01. The highest BCUT2D eigenvalue weighted by molar-refractivity contribution is 7.00. The Morgan fingerprint density at radius 3 is 3.00 bits per heavy atom. The van der Waals surface area contributed by atoms with Gasteiger partial charge in [-0.2, -0.15) is 8.75 Å². The van der Waals surface area contributed by atoms with Crippen molar-refractivity contribution in [2.45, 2.75) is 6.54 Å². The maximum atomic E-state index is 13.6. The maximum Gasteiger partial charge on any atom is 0.198 e. The molecule has 0 saturated carbocycles. The lowest BCUT2D eigenvalue weighted by molar-refractivity contribution is 0.613. The molecule has 0 aliphatic carbocycles. The summed E-state index contributed by atoms with van der Waals surface area (Å²) in [5.41, 5.74) is 1.47. The van der Waals surface area contributed by atoms with Crippen molar-refractivity contribution in [3.63, 3.8) is 0 Å². The van der Waals surface area contributed by atoms with Gasteiger partial charge in [-0.25, -0.2) is 14.4 Å². The summed E-state index contributed by atoms with van der Waals surface area (Å²) in [4.78, 5) is 8.05. The fourth-order valence-corrected chi connectivity index (χ4v) is 2.35. The monoisotopic (exact) mass is 295 g/mol. The Morgan fingerprint density at radius 1 is 1.26 bits per heavy atom. The van der Waals surface area contributed by atoms with Crippen LogP contribution in [0.5, 0.6) is 0 Å². The molecule has 1 N–H and O–H groups in total. The van der Waals surface area contributed by atoms with E-state index in [-0.39, 0.29) is 12.4 Å².